The zero-order valence-electron chi connectivity index (χ0n) is 16.3. The van der Waals surface area contributed by atoms with Crippen LogP contribution in [0, 0.1) is 5.82 Å². The number of hydrogen-bond donors (Lipinski definition) is 2. The minimum atomic E-state index is -0.990. The van der Waals surface area contributed by atoms with Crippen LogP contribution in [0.4, 0.5) is 4.39 Å². The molecule has 0 saturated heterocycles. The molecule has 2 N–H and O–H groups in total. The lowest BCUT2D eigenvalue weighted by Crippen LogP contribution is -2.01. The minimum Gasteiger partial charge on any atom is -0.493 e. The van der Waals surface area contributed by atoms with Crippen molar-refractivity contribution in [2.75, 3.05) is 7.11 Å². The van der Waals surface area contributed by atoms with Crippen LogP contribution in [0.1, 0.15) is 11.1 Å². The van der Waals surface area contributed by atoms with Crippen molar-refractivity contribution in [1.29, 1.82) is 0 Å². The van der Waals surface area contributed by atoms with Crippen molar-refractivity contribution < 1.29 is 23.8 Å². The van der Waals surface area contributed by atoms with Gasteiger partial charge in [0.15, 0.2) is 11.5 Å². The van der Waals surface area contributed by atoms with Gasteiger partial charge in [-0.1, -0.05) is 30.3 Å². The Morgan fingerprint density at radius 3 is 2.57 bits per heavy atom. The van der Waals surface area contributed by atoms with Crippen molar-refractivity contribution in [3.8, 4) is 22.8 Å². The number of carboxylic acids is 1. The number of aliphatic carboxylic acids is 1. The van der Waals surface area contributed by atoms with Gasteiger partial charge in [-0.05, 0) is 47.5 Å². The molecule has 0 amide bonds. The lowest BCUT2D eigenvalue weighted by molar-refractivity contribution is -0.136. The van der Waals surface area contributed by atoms with Gasteiger partial charge < -0.3 is 19.6 Å². The Labute approximate surface area is 172 Å². The van der Waals surface area contributed by atoms with Gasteiger partial charge >= 0.3 is 5.97 Å². The molecule has 0 aliphatic heterocycles. The van der Waals surface area contributed by atoms with Crippen molar-refractivity contribution in [3.63, 3.8) is 0 Å². The third-order valence-corrected chi connectivity index (χ3v) is 4.89. The molecule has 3 aromatic carbocycles. The number of aromatic nitrogens is 1. The summed E-state index contributed by atoms with van der Waals surface area (Å²) in [7, 11) is 1.55. The first-order valence-electron chi connectivity index (χ1n) is 9.42. The number of rotatable bonds is 7. The molecule has 4 aromatic rings. The van der Waals surface area contributed by atoms with Gasteiger partial charge in [-0.15, -0.1) is 0 Å². The van der Waals surface area contributed by atoms with E-state index in [1.54, 1.807) is 25.3 Å². The van der Waals surface area contributed by atoms with Crippen molar-refractivity contribution in [2.45, 2.75) is 13.0 Å². The number of halogens is 1. The number of carbonyl (C=O) groups is 1. The number of H-pyrrole nitrogens is 1. The largest absolute Gasteiger partial charge is 0.493 e. The van der Waals surface area contributed by atoms with Crippen LogP contribution in [-0.4, -0.2) is 23.2 Å². The molecule has 0 saturated carbocycles. The molecule has 0 aliphatic rings. The van der Waals surface area contributed by atoms with Gasteiger partial charge in [0.1, 0.15) is 12.4 Å². The maximum Gasteiger partial charge on any atom is 0.307 e. The van der Waals surface area contributed by atoms with Crippen LogP contribution in [0.2, 0.25) is 0 Å². The van der Waals surface area contributed by atoms with Crippen molar-refractivity contribution in [1.82, 2.24) is 4.98 Å². The molecule has 152 valence electrons. The SMILES string of the molecule is COc1cc(-c2[nH]c3ccc(F)cc3c2CC(=O)O)ccc1OCc1ccccc1. The fourth-order valence-corrected chi connectivity index (χ4v) is 3.48. The summed E-state index contributed by atoms with van der Waals surface area (Å²) in [5.74, 6) is -0.306. The molecule has 1 aromatic heterocycles. The summed E-state index contributed by atoms with van der Waals surface area (Å²) in [4.78, 5) is 14.6. The Bertz CT molecular complexity index is 1200. The molecule has 4 rings (SSSR count). The number of aromatic amines is 1. The zero-order valence-corrected chi connectivity index (χ0v) is 16.3. The number of carboxylic acid groups (broad SMARTS) is 1. The van der Waals surface area contributed by atoms with E-state index in [0.29, 0.717) is 40.3 Å². The van der Waals surface area contributed by atoms with Gasteiger partial charge in [-0.2, -0.15) is 0 Å². The predicted octanol–water partition coefficient (Wildman–Crippen LogP) is 5.19. The van der Waals surface area contributed by atoms with E-state index < -0.39 is 11.8 Å². The third kappa shape index (κ3) is 3.98. The molecule has 0 bridgehead atoms. The first kappa shape index (κ1) is 19.5. The second-order valence-electron chi connectivity index (χ2n) is 6.88. The average Bonchev–Trinajstić information content (AvgIpc) is 3.10. The summed E-state index contributed by atoms with van der Waals surface area (Å²) in [6.45, 7) is 0.395. The van der Waals surface area contributed by atoms with Crippen molar-refractivity contribution in [2.24, 2.45) is 0 Å². The van der Waals surface area contributed by atoms with E-state index in [1.807, 2.05) is 36.4 Å². The van der Waals surface area contributed by atoms with E-state index in [0.717, 1.165) is 11.1 Å². The smallest absolute Gasteiger partial charge is 0.307 e. The van der Waals surface area contributed by atoms with Crippen LogP contribution < -0.4 is 9.47 Å². The van der Waals surface area contributed by atoms with Gasteiger partial charge in [0.05, 0.1) is 19.2 Å². The Balaban J connectivity index is 1.71. The second-order valence-corrected chi connectivity index (χ2v) is 6.88. The average molecular weight is 405 g/mol. The van der Waals surface area contributed by atoms with Crippen molar-refractivity contribution >= 4 is 16.9 Å². The Hall–Kier alpha value is -3.80. The second kappa shape index (κ2) is 8.29. The normalized spacial score (nSPS) is 10.9. The maximum atomic E-state index is 13.8. The molecule has 6 heteroatoms. The number of hydrogen-bond acceptors (Lipinski definition) is 3. The van der Waals surface area contributed by atoms with Gasteiger partial charge in [-0.25, -0.2) is 4.39 Å². The van der Waals surface area contributed by atoms with Gasteiger partial charge in [0, 0.05) is 16.5 Å². The van der Waals surface area contributed by atoms with Crippen LogP contribution >= 0.6 is 0 Å². The summed E-state index contributed by atoms with van der Waals surface area (Å²) in [5.41, 5.74) is 3.57. The highest BCUT2D eigenvalue weighted by Gasteiger charge is 2.18. The van der Waals surface area contributed by atoms with E-state index in [1.165, 1.54) is 12.1 Å². The molecule has 0 unspecified atom stereocenters. The first-order valence-corrected chi connectivity index (χ1v) is 9.42. The van der Waals surface area contributed by atoms with Crippen LogP contribution in [0.25, 0.3) is 22.2 Å². The lowest BCUT2D eigenvalue weighted by atomic mass is 10.0. The van der Waals surface area contributed by atoms with Gasteiger partial charge in [0.25, 0.3) is 0 Å². The molecule has 0 fully saturated rings. The van der Waals surface area contributed by atoms with Crippen LogP contribution in [-0.2, 0) is 17.8 Å². The molecule has 0 radical (unpaired) electrons. The summed E-state index contributed by atoms with van der Waals surface area (Å²) in [5, 5.41) is 9.91. The maximum absolute atomic E-state index is 13.8. The topological polar surface area (TPSA) is 71.6 Å². The molecule has 5 nitrogen and oxygen atoms in total. The lowest BCUT2D eigenvalue weighted by Gasteiger charge is -2.13. The summed E-state index contributed by atoms with van der Waals surface area (Å²) >= 11 is 0. The molecular weight excluding hydrogens is 385 g/mol. The van der Waals surface area contributed by atoms with E-state index in [9.17, 15) is 14.3 Å². The number of fused-ring (bicyclic) bond motifs is 1. The summed E-state index contributed by atoms with van der Waals surface area (Å²) in [6, 6.07) is 19.5. The van der Waals surface area contributed by atoms with Gasteiger partial charge in [-0.3, -0.25) is 4.79 Å². The summed E-state index contributed by atoms with van der Waals surface area (Å²) in [6.07, 6.45) is -0.229. The number of benzene rings is 3. The molecule has 1 heterocycles. The number of nitrogens with one attached hydrogen (secondary N) is 1. The fourth-order valence-electron chi connectivity index (χ4n) is 3.48. The quantitative estimate of drug-likeness (QED) is 0.444. The Morgan fingerprint density at radius 2 is 1.83 bits per heavy atom. The molecule has 0 spiro atoms. The van der Waals surface area contributed by atoms with Crippen LogP contribution in [0.5, 0.6) is 11.5 Å². The summed E-state index contributed by atoms with van der Waals surface area (Å²) < 4.78 is 25.2. The van der Waals surface area contributed by atoms with E-state index in [-0.39, 0.29) is 6.42 Å². The molecule has 0 aliphatic carbocycles. The van der Waals surface area contributed by atoms with Gasteiger partial charge in [0.2, 0.25) is 0 Å². The van der Waals surface area contributed by atoms with Crippen LogP contribution in [0.15, 0.2) is 66.7 Å². The third-order valence-electron chi connectivity index (χ3n) is 4.89. The van der Waals surface area contributed by atoms with Crippen molar-refractivity contribution in [3.05, 3.63) is 83.7 Å². The van der Waals surface area contributed by atoms with Crippen LogP contribution in [0.3, 0.4) is 0 Å². The standard InChI is InChI=1S/C24H20FNO4/c1-29-22-11-16(7-10-21(22)30-14-15-5-3-2-4-6-15)24-19(13-23(27)28)18-12-17(25)8-9-20(18)26-24/h2-12,26H,13-14H2,1H3,(H,27,28). The zero-order chi connectivity index (χ0) is 21.1. The van der Waals surface area contributed by atoms with E-state index in [4.69, 9.17) is 9.47 Å². The highest BCUT2D eigenvalue weighted by atomic mass is 19.1. The van der Waals surface area contributed by atoms with E-state index >= 15 is 0 Å². The Morgan fingerprint density at radius 1 is 1.03 bits per heavy atom. The monoisotopic (exact) mass is 405 g/mol. The molecular formula is C24H20FNO4. The minimum absolute atomic E-state index is 0.229. The first-order chi connectivity index (χ1) is 14.5. The molecule has 30 heavy (non-hydrogen) atoms. The number of methoxy groups -OCH3 is 1. The molecule has 0 atom stereocenters. The number of ether oxygens (including phenoxy) is 2. The Kier molecular flexibility index (Phi) is 5.39. The fraction of sp³-hybridized carbons (Fsp3) is 0.125. The predicted molar refractivity (Wildman–Crippen MR) is 112 cm³/mol. The van der Waals surface area contributed by atoms with E-state index in [2.05, 4.69) is 4.98 Å². The highest BCUT2D eigenvalue weighted by Crippen LogP contribution is 2.36. The highest BCUT2D eigenvalue weighted by molar-refractivity contribution is 5.94.